The number of hydrogen-bond acceptors (Lipinski definition) is 6. The summed E-state index contributed by atoms with van der Waals surface area (Å²) in [6.45, 7) is 21.1. The summed E-state index contributed by atoms with van der Waals surface area (Å²) in [7, 11) is 1.99. The molecule has 3 N–H and O–H groups in total. The SMILES string of the molecule is CNC1CCN(C(=O)N[C@@]23CC[C@]4(C)[C@H](CC[C@@H]5[C@@]6(C)CC[C@H](OC(=O)CC(C)(C)C(=O)O)C(C)(C)[C@@H]6CC[C@]54C)C2=C(C(C)C)C(=O)C3)CC1.Cl. The molecular weight excluding hydrogens is 678 g/mol. The van der Waals surface area contributed by atoms with Gasteiger partial charge in [-0.3, -0.25) is 14.4 Å². The third-order valence-electron chi connectivity index (χ3n) is 16.3. The number of ketones is 1. The number of urea groups is 1. The summed E-state index contributed by atoms with van der Waals surface area (Å²) in [5.74, 6) is 0.0305. The third-order valence-corrected chi connectivity index (χ3v) is 16.3. The van der Waals surface area contributed by atoms with Gasteiger partial charge in [-0.2, -0.15) is 0 Å². The molecule has 9 nitrogen and oxygen atoms in total. The number of aliphatic carboxylic acids is 1. The molecule has 1 heterocycles. The van der Waals surface area contributed by atoms with E-state index in [4.69, 9.17) is 4.74 Å². The number of hydrogen-bond donors (Lipinski definition) is 3. The number of rotatable bonds is 7. The van der Waals surface area contributed by atoms with Gasteiger partial charge in [-0.15, -0.1) is 12.4 Å². The highest BCUT2D eigenvalue weighted by Crippen LogP contribution is 2.76. The smallest absolute Gasteiger partial charge is 0.318 e. The number of halogens is 1. The van der Waals surface area contributed by atoms with Gasteiger partial charge < -0.3 is 25.4 Å². The van der Waals surface area contributed by atoms with E-state index in [1.807, 2.05) is 11.9 Å². The Kier molecular flexibility index (Phi) is 10.9. The average molecular weight is 746 g/mol. The highest BCUT2D eigenvalue weighted by atomic mass is 35.5. The third kappa shape index (κ3) is 6.23. The van der Waals surface area contributed by atoms with E-state index < -0.39 is 22.9 Å². The molecular formula is C42H68ClN3O6. The number of likely N-dealkylation sites (tertiary alicyclic amines) is 1. The van der Waals surface area contributed by atoms with Crippen molar-refractivity contribution in [2.45, 2.75) is 157 Å². The van der Waals surface area contributed by atoms with Crippen LogP contribution in [-0.4, -0.2) is 71.6 Å². The Balaban J connectivity index is 0.00000523. The normalized spacial score (nSPS) is 38.8. The molecule has 6 rings (SSSR count). The van der Waals surface area contributed by atoms with Gasteiger partial charge in [0, 0.05) is 31.0 Å². The number of fused-ring (bicyclic) bond motifs is 7. The second-order valence-electron chi connectivity index (χ2n) is 20.0. The van der Waals surface area contributed by atoms with E-state index in [0.29, 0.717) is 24.3 Å². The summed E-state index contributed by atoms with van der Waals surface area (Å²) in [6.07, 6.45) is 9.68. The zero-order valence-corrected chi connectivity index (χ0v) is 34.5. The fourth-order valence-corrected chi connectivity index (χ4v) is 13.2. The van der Waals surface area contributed by atoms with Crippen molar-refractivity contribution in [3.05, 3.63) is 11.1 Å². The number of piperidine rings is 1. The monoisotopic (exact) mass is 745 g/mol. The maximum Gasteiger partial charge on any atom is 0.318 e. The number of nitrogens with one attached hydrogen (secondary N) is 2. The largest absolute Gasteiger partial charge is 0.481 e. The van der Waals surface area contributed by atoms with Crippen molar-refractivity contribution in [3.63, 3.8) is 0 Å². The van der Waals surface area contributed by atoms with Crippen molar-refractivity contribution in [2.75, 3.05) is 20.1 Å². The number of Topliss-reactive ketones (excluding diaryl/α,β-unsaturated/α-hetero) is 1. The molecule has 1 aliphatic heterocycles. The number of carboxylic acids is 1. The molecule has 5 fully saturated rings. The van der Waals surface area contributed by atoms with Crippen molar-refractivity contribution in [1.29, 1.82) is 0 Å². The van der Waals surface area contributed by atoms with E-state index in [1.54, 1.807) is 13.8 Å². The standard InChI is InChI=1S/C42H67N3O6.ClH/c1-25(2)33-28(46)23-42(44-36(50)45-21-15-26(43-10)16-22-45)20-19-40(8)27(34(33)42)11-12-30-39(7)17-14-31(51-32(47)24-37(3,4)35(48)49)38(5,6)29(39)13-18-41(30,40)9;/h25-27,29-31,43H,11-24H2,1-10H3,(H,44,50)(H,48,49);1H/t27-,29+,30-,31+,39+,40-,41-,42-;/m1./s1. The van der Waals surface area contributed by atoms with E-state index in [-0.39, 0.29) is 70.2 Å². The van der Waals surface area contributed by atoms with Crippen LogP contribution in [0, 0.1) is 50.7 Å². The Morgan fingerprint density at radius 2 is 1.56 bits per heavy atom. The van der Waals surface area contributed by atoms with E-state index in [9.17, 15) is 24.3 Å². The van der Waals surface area contributed by atoms with Crippen LogP contribution >= 0.6 is 12.4 Å². The number of carboxylic acid groups (broad SMARTS) is 1. The summed E-state index contributed by atoms with van der Waals surface area (Å²) in [4.78, 5) is 54.7. The van der Waals surface area contributed by atoms with Gasteiger partial charge in [-0.05, 0) is 136 Å². The van der Waals surface area contributed by atoms with Gasteiger partial charge in [0.2, 0.25) is 0 Å². The minimum atomic E-state index is -1.16. The molecule has 8 atom stereocenters. The van der Waals surface area contributed by atoms with E-state index in [1.165, 1.54) is 5.57 Å². The molecule has 0 aromatic rings. The maximum absolute atomic E-state index is 14.0. The number of carbonyl (C=O) groups excluding carboxylic acids is 3. The molecule has 0 bridgehead atoms. The topological polar surface area (TPSA) is 125 Å². The first kappa shape index (κ1) is 41.0. The molecule has 2 amide bonds. The van der Waals surface area contributed by atoms with Crippen LogP contribution in [-0.2, 0) is 19.1 Å². The van der Waals surface area contributed by atoms with Crippen molar-refractivity contribution in [2.24, 2.45) is 50.7 Å². The fraction of sp³-hybridized carbons (Fsp3) is 0.857. The van der Waals surface area contributed by atoms with E-state index >= 15 is 0 Å². The Hall–Kier alpha value is -2.13. The van der Waals surface area contributed by atoms with Crippen LogP contribution in [0.5, 0.6) is 0 Å². The number of ether oxygens (including phenoxy) is 1. The molecule has 10 heteroatoms. The van der Waals surface area contributed by atoms with Crippen LogP contribution in [0.25, 0.3) is 0 Å². The first-order chi connectivity index (χ1) is 23.7. The van der Waals surface area contributed by atoms with Gasteiger partial charge in [-0.1, -0.05) is 48.5 Å². The van der Waals surface area contributed by atoms with Crippen molar-refractivity contribution in [1.82, 2.24) is 15.5 Å². The molecule has 294 valence electrons. The van der Waals surface area contributed by atoms with Gasteiger partial charge in [0.15, 0.2) is 5.78 Å². The predicted molar refractivity (Wildman–Crippen MR) is 205 cm³/mol. The lowest BCUT2D eigenvalue weighted by Gasteiger charge is -2.72. The Morgan fingerprint density at radius 3 is 2.15 bits per heavy atom. The van der Waals surface area contributed by atoms with Gasteiger partial charge in [0.1, 0.15) is 6.10 Å². The second-order valence-corrected chi connectivity index (χ2v) is 20.0. The first-order valence-corrected chi connectivity index (χ1v) is 20.1. The minimum absolute atomic E-state index is 0. The van der Waals surface area contributed by atoms with Crippen molar-refractivity contribution in [3.8, 4) is 0 Å². The van der Waals surface area contributed by atoms with Crippen LogP contribution < -0.4 is 10.6 Å². The van der Waals surface area contributed by atoms with Crippen LogP contribution in [0.3, 0.4) is 0 Å². The highest BCUT2D eigenvalue weighted by molar-refractivity contribution is 6.02. The molecule has 4 saturated carbocycles. The van der Waals surface area contributed by atoms with Crippen LogP contribution in [0.1, 0.15) is 139 Å². The first-order valence-electron chi connectivity index (χ1n) is 20.1. The summed E-state index contributed by atoms with van der Waals surface area (Å²) >= 11 is 0. The zero-order valence-electron chi connectivity index (χ0n) is 33.7. The van der Waals surface area contributed by atoms with Gasteiger partial charge >= 0.3 is 18.0 Å². The van der Waals surface area contributed by atoms with Crippen molar-refractivity contribution >= 4 is 36.2 Å². The molecule has 0 radical (unpaired) electrons. The van der Waals surface area contributed by atoms with Crippen molar-refractivity contribution < 1.29 is 29.0 Å². The minimum Gasteiger partial charge on any atom is -0.481 e. The maximum atomic E-state index is 14.0. The Labute approximate surface area is 319 Å². The molecule has 0 aromatic heterocycles. The lowest BCUT2D eigenvalue weighted by Crippen LogP contribution is -2.67. The van der Waals surface area contributed by atoms with Crippen LogP contribution in [0.4, 0.5) is 4.79 Å². The average Bonchev–Trinajstić information content (AvgIpc) is 3.34. The molecule has 0 aromatic carbocycles. The zero-order chi connectivity index (χ0) is 37.5. The molecule has 52 heavy (non-hydrogen) atoms. The summed E-state index contributed by atoms with van der Waals surface area (Å²) in [6, 6.07) is 0.431. The number of allylic oxidation sites excluding steroid dienone is 1. The quantitative estimate of drug-likeness (QED) is 0.226. The number of amides is 2. The molecule has 0 unspecified atom stereocenters. The van der Waals surface area contributed by atoms with Gasteiger partial charge in [0.25, 0.3) is 0 Å². The summed E-state index contributed by atoms with van der Waals surface area (Å²) in [5, 5.41) is 16.5. The summed E-state index contributed by atoms with van der Waals surface area (Å²) in [5.41, 5.74) is 0.353. The van der Waals surface area contributed by atoms with Crippen LogP contribution in [0.15, 0.2) is 11.1 Å². The lowest BCUT2D eigenvalue weighted by atomic mass is 9.33. The van der Waals surface area contributed by atoms with Gasteiger partial charge in [-0.25, -0.2) is 4.79 Å². The molecule has 1 saturated heterocycles. The number of carbonyl (C=O) groups is 4. The second kappa shape index (κ2) is 13.9. The number of esters is 1. The van der Waals surface area contributed by atoms with E-state index in [0.717, 1.165) is 82.9 Å². The van der Waals surface area contributed by atoms with E-state index in [2.05, 4.69) is 59.1 Å². The Morgan fingerprint density at radius 1 is 0.904 bits per heavy atom. The predicted octanol–water partition coefficient (Wildman–Crippen LogP) is 7.95. The lowest BCUT2D eigenvalue weighted by molar-refractivity contribution is -0.232. The Bertz CT molecular complexity index is 1480. The molecule has 0 spiro atoms. The fourth-order valence-electron chi connectivity index (χ4n) is 13.2. The van der Waals surface area contributed by atoms with Gasteiger partial charge in [0.05, 0.1) is 17.4 Å². The highest BCUT2D eigenvalue weighted by Gasteiger charge is 2.70. The number of nitrogens with zero attached hydrogens (tertiary/aromatic N) is 1. The molecule has 6 aliphatic rings. The van der Waals surface area contributed by atoms with Crippen LogP contribution in [0.2, 0.25) is 0 Å². The molecule has 5 aliphatic carbocycles. The summed E-state index contributed by atoms with van der Waals surface area (Å²) < 4.78 is 6.16.